The molecular formula is C20H20FNO4. The molecule has 2 aromatic carbocycles. The van der Waals surface area contributed by atoms with Crippen molar-refractivity contribution in [2.45, 2.75) is 26.3 Å². The van der Waals surface area contributed by atoms with Crippen LogP contribution in [0.3, 0.4) is 0 Å². The highest BCUT2D eigenvalue weighted by Crippen LogP contribution is 2.08. The zero-order valence-electron chi connectivity index (χ0n) is 14.5. The molecule has 0 aliphatic rings. The monoisotopic (exact) mass is 357 g/mol. The lowest BCUT2D eigenvalue weighted by atomic mass is 10.1. The number of hydrogen-bond donors (Lipinski definition) is 1. The number of rotatable bonds is 8. The quantitative estimate of drug-likeness (QED) is 0.582. The topological polar surface area (TPSA) is 72.5 Å². The number of amides is 1. The van der Waals surface area contributed by atoms with Crippen LogP contribution in [0.15, 0.2) is 48.5 Å². The molecule has 0 unspecified atom stereocenters. The second-order valence-electron chi connectivity index (χ2n) is 5.79. The molecule has 0 heterocycles. The number of carbonyl (C=O) groups excluding carboxylic acids is 3. The molecule has 0 bridgehead atoms. The van der Waals surface area contributed by atoms with Gasteiger partial charge in [0.1, 0.15) is 5.82 Å². The molecule has 2 aromatic rings. The SMILES string of the molecule is Cc1ccccc1CNC(=O)COC(=O)CCC(=O)c1ccc(F)cc1. The first kappa shape index (κ1) is 19.3. The summed E-state index contributed by atoms with van der Waals surface area (Å²) in [5, 5.41) is 2.67. The number of benzene rings is 2. The summed E-state index contributed by atoms with van der Waals surface area (Å²) in [6.45, 7) is 1.90. The van der Waals surface area contributed by atoms with Crippen LogP contribution in [0.5, 0.6) is 0 Å². The molecule has 0 fully saturated rings. The zero-order valence-corrected chi connectivity index (χ0v) is 14.5. The molecule has 0 spiro atoms. The molecular weight excluding hydrogens is 337 g/mol. The van der Waals surface area contributed by atoms with Crippen LogP contribution in [0.25, 0.3) is 0 Å². The van der Waals surface area contributed by atoms with E-state index in [9.17, 15) is 18.8 Å². The highest BCUT2D eigenvalue weighted by molar-refractivity contribution is 5.97. The van der Waals surface area contributed by atoms with Crippen molar-refractivity contribution >= 4 is 17.7 Å². The number of Topliss-reactive ketones (excluding diaryl/α,β-unsaturated/α-hetero) is 1. The van der Waals surface area contributed by atoms with Gasteiger partial charge in [0.05, 0.1) is 6.42 Å². The van der Waals surface area contributed by atoms with Gasteiger partial charge in [-0.25, -0.2) is 4.39 Å². The Morgan fingerprint density at radius 3 is 2.38 bits per heavy atom. The Morgan fingerprint density at radius 1 is 1.00 bits per heavy atom. The fraction of sp³-hybridized carbons (Fsp3) is 0.250. The third-order valence-corrected chi connectivity index (χ3v) is 3.82. The van der Waals surface area contributed by atoms with Crippen LogP contribution in [0.1, 0.15) is 34.3 Å². The third-order valence-electron chi connectivity index (χ3n) is 3.82. The van der Waals surface area contributed by atoms with Crippen LogP contribution in [-0.2, 0) is 20.9 Å². The smallest absolute Gasteiger partial charge is 0.306 e. The standard InChI is InChI=1S/C20H20FNO4/c1-14-4-2-3-5-16(14)12-22-19(24)13-26-20(25)11-10-18(23)15-6-8-17(21)9-7-15/h2-9H,10-13H2,1H3,(H,22,24). The average Bonchev–Trinajstić information content (AvgIpc) is 2.64. The third kappa shape index (κ3) is 6.12. The number of ether oxygens (including phenoxy) is 1. The van der Waals surface area contributed by atoms with Gasteiger partial charge < -0.3 is 10.1 Å². The molecule has 0 aliphatic carbocycles. The lowest BCUT2D eigenvalue weighted by Crippen LogP contribution is -2.28. The second-order valence-corrected chi connectivity index (χ2v) is 5.79. The van der Waals surface area contributed by atoms with Crippen LogP contribution in [0.2, 0.25) is 0 Å². The van der Waals surface area contributed by atoms with Gasteiger partial charge in [-0.1, -0.05) is 24.3 Å². The van der Waals surface area contributed by atoms with E-state index >= 15 is 0 Å². The Morgan fingerprint density at radius 2 is 1.69 bits per heavy atom. The highest BCUT2D eigenvalue weighted by atomic mass is 19.1. The van der Waals surface area contributed by atoms with Crippen molar-refractivity contribution in [2.75, 3.05) is 6.61 Å². The van der Waals surface area contributed by atoms with Gasteiger partial charge in [-0.15, -0.1) is 0 Å². The number of nitrogens with one attached hydrogen (secondary N) is 1. The van der Waals surface area contributed by atoms with Gasteiger partial charge in [0.25, 0.3) is 5.91 Å². The predicted molar refractivity (Wildman–Crippen MR) is 93.9 cm³/mol. The van der Waals surface area contributed by atoms with E-state index in [1.807, 2.05) is 31.2 Å². The Labute approximate surface area is 151 Å². The molecule has 5 nitrogen and oxygen atoms in total. The van der Waals surface area contributed by atoms with Crippen molar-refractivity contribution in [2.24, 2.45) is 0 Å². The molecule has 2 rings (SSSR count). The minimum Gasteiger partial charge on any atom is -0.456 e. The van der Waals surface area contributed by atoms with Crippen LogP contribution in [0, 0.1) is 12.7 Å². The lowest BCUT2D eigenvalue weighted by Gasteiger charge is -2.08. The van der Waals surface area contributed by atoms with Crippen molar-refractivity contribution in [1.29, 1.82) is 0 Å². The van der Waals surface area contributed by atoms with Crippen LogP contribution >= 0.6 is 0 Å². The maximum Gasteiger partial charge on any atom is 0.306 e. The van der Waals surface area contributed by atoms with Gasteiger partial charge in [-0.3, -0.25) is 14.4 Å². The zero-order chi connectivity index (χ0) is 18.9. The van der Waals surface area contributed by atoms with Crippen LogP contribution in [0.4, 0.5) is 4.39 Å². The number of esters is 1. The molecule has 6 heteroatoms. The average molecular weight is 357 g/mol. The van der Waals surface area contributed by atoms with Crippen molar-refractivity contribution < 1.29 is 23.5 Å². The molecule has 0 saturated carbocycles. The van der Waals surface area contributed by atoms with Crippen LogP contribution in [-0.4, -0.2) is 24.3 Å². The maximum atomic E-state index is 12.8. The Kier molecular flexibility index (Phi) is 7.02. The fourth-order valence-corrected chi connectivity index (χ4v) is 2.27. The van der Waals surface area contributed by atoms with Gasteiger partial charge in [0, 0.05) is 18.5 Å². The second kappa shape index (κ2) is 9.46. The van der Waals surface area contributed by atoms with Crippen LogP contribution < -0.4 is 5.32 Å². The van der Waals surface area contributed by atoms with Gasteiger partial charge >= 0.3 is 5.97 Å². The summed E-state index contributed by atoms with van der Waals surface area (Å²) >= 11 is 0. The van der Waals surface area contributed by atoms with E-state index in [2.05, 4.69) is 5.32 Å². The van der Waals surface area contributed by atoms with Gasteiger partial charge in [0.15, 0.2) is 12.4 Å². The number of hydrogen-bond acceptors (Lipinski definition) is 4. The van der Waals surface area contributed by atoms with E-state index in [0.29, 0.717) is 12.1 Å². The largest absolute Gasteiger partial charge is 0.456 e. The van der Waals surface area contributed by atoms with Gasteiger partial charge in [-0.05, 0) is 42.3 Å². The maximum absolute atomic E-state index is 12.8. The summed E-state index contributed by atoms with van der Waals surface area (Å²) in [5.74, 6) is -1.76. The Balaban J connectivity index is 1.68. The Bertz CT molecular complexity index is 787. The van der Waals surface area contributed by atoms with E-state index < -0.39 is 24.3 Å². The first-order chi connectivity index (χ1) is 12.5. The minimum atomic E-state index is -0.633. The first-order valence-electron chi connectivity index (χ1n) is 8.21. The fourth-order valence-electron chi connectivity index (χ4n) is 2.27. The summed E-state index contributed by atoms with van der Waals surface area (Å²) in [5.41, 5.74) is 2.37. The van der Waals surface area contributed by atoms with E-state index in [1.165, 1.54) is 24.3 Å². The van der Waals surface area contributed by atoms with Crippen molar-refractivity contribution in [3.8, 4) is 0 Å². The number of aryl methyl sites for hydroxylation is 1. The Hall–Kier alpha value is -3.02. The molecule has 26 heavy (non-hydrogen) atoms. The van der Waals surface area contributed by atoms with Crippen molar-refractivity contribution in [1.82, 2.24) is 5.32 Å². The summed E-state index contributed by atoms with van der Waals surface area (Å²) in [4.78, 5) is 35.3. The van der Waals surface area contributed by atoms with Gasteiger partial charge in [-0.2, -0.15) is 0 Å². The highest BCUT2D eigenvalue weighted by Gasteiger charge is 2.12. The summed E-state index contributed by atoms with van der Waals surface area (Å²) < 4.78 is 17.7. The molecule has 136 valence electrons. The van der Waals surface area contributed by atoms with E-state index in [1.54, 1.807) is 0 Å². The molecule has 0 aliphatic heterocycles. The first-order valence-corrected chi connectivity index (χ1v) is 8.21. The predicted octanol–water partition coefficient (Wildman–Crippen LogP) is 2.96. The number of carbonyl (C=O) groups is 3. The van der Waals surface area contributed by atoms with E-state index in [-0.39, 0.29) is 18.6 Å². The normalized spacial score (nSPS) is 10.2. The van der Waals surface area contributed by atoms with Crippen molar-refractivity contribution in [3.63, 3.8) is 0 Å². The molecule has 0 radical (unpaired) electrons. The lowest BCUT2D eigenvalue weighted by molar-refractivity contribution is -0.148. The molecule has 0 aromatic heterocycles. The van der Waals surface area contributed by atoms with Gasteiger partial charge in [0.2, 0.25) is 0 Å². The molecule has 1 amide bonds. The van der Waals surface area contributed by atoms with Crippen molar-refractivity contribution in [3.05, 3.63) is 71.0 Å². The van der Waals surface area contributed by atoms with E-state index in [0.717, 1.165) is 11.1 Å². The van der Waals surface area contributed by atoms with E-state index in [4.69, 9.17) is 4.74 Å². The number of halogens is 1. The molecule has 0 atom stereocenters. The minimum absolute atomic E-state index is 0.0602. The number of ketones is 1. The summed E-state index contributed by atoms with van der Waals surface area (Å²) in [6, 6.07) is 12.7. The summed E-state index contributed by atoms with van der Waals surface area (Å²) in [6.07, 6.45) is -0.198. The molecule has 1 N–H and O–H groups in total. The summed E-state index contributed by atoms with van der Waals surface area (Å²) in [7, 11) is 0. The molecule has 0 saturated heterocycles.